The van der Waals surface area contributed by atoms with Crippen LogP contribution in [-0.4, -0.2) is 28.0 Å². The topological polar surface area (TPSA) is 70.2 Å². The number of aromatic nitrogens is 3. The molecule has 188 valence electrons. The van der Waals surface area contributed by atoms with Crippen LogP contribution in [0, 0.1) is 29.1 Å². The van der Waals surface area contributed by atoms with Crippen molar-refractivity contribution in [3.63, 3.8) is 0 Å². The van der Waals surface area contributed by atoms with Crippen molar-refractivity contribution in [2.75, 3.05) is 7.11 Å². The molecule has 0 unspecified atom stereocenters. The fraction of sp³-hybridized carbons (Fsp3) is 0.0952. The molecule has 0 aliphatic rings. The number of hydrogen-bond donors (Lipinski definition) is 0. The third-order valence-corrected chi connectivity index (χ3v) is 5.18. The molecule has 0 N–H and O–H groups in total. The zero-order valence-corrected chi connectivity index (χ0v) is 18.1. The Morgan fingerprint density at radius 2 is 1.69 bits per heavy atom. The highest BCUT2D eigenvalue weighted by molar-refractivity contribution is 6.33. The number of carbonyl (C=O) groups excluding carboxylic acids is 1. The summed E-state index contributed by atoms with van der Waals surface area (Å²) in [6.07, 6.45) is -5.15. The molecule has 0 radical (unpaired) electrons. The van der Waals surface area contributed by atoms with Crippen molar-refractivity contribution in [3.8, 4) is 28.3 Å². The summed E-state index contributed by atoms with van der Waals surface area (Å²) in [6, 6.07) is 3.10. The van der Waals surface area contributed by atoms with E-state index in [1.165, 1.54) is 12.1 Å². The molecule has 0 amide bonds. The lowest BCUT2D eigenvalue weighted by atomic mass is 10.0. The van der Waals surface area contributed by atoms with Crippen molar-refractivity contribution in [2.24, 2.45) is 0 Å². The highest BCUT2D eigenvalue weighted by Gasteiger charge is 2.43. The van der Waals surface area contributed by atoms with E-state index in [0.717, 1.165) is 13.2 Å². The molecule has 2 heterocycles. The van der Waals surface area contributed by atoms with Crippen LogP contribution < -0.4 is 0 Å². The number of halogens is 9. The van der Waals surface area contributed by atoms with Gasteiger partial charge in [-0.05, 0) is 12.1 Å². The van der Waals surface area contributed by atoms with Crippen molar-refractivity contribution < 1.29 is 49.2 Å². The standard InChI is InChI=1S/C21H8ClF8N3O3/c1-35-20(34)13-16(12-8(22)3-2-4-9(12)23)32-36-18(13)7-6-31-33(19(7)21(28,29)30)17-14(26)10(24)5-11(25)15(17)27/h2-6H,1H3. The fourth-order valence-electron chi connectivity index (χ4n) is 3.36. The van der Waals surface area contributed by atoms with Gasteiger partial charge in [0.2, 0.25) is 0 Å². The van der Waals surface area contributed by atoms with E-state index in [-0.39, 0.29) is 11.1 Å². The summed E-state index contributed by atoms with van der Waals surface area (Å²) in [5.41, 5.74) is -7.01. The minimum atomic E-state index is -5.50. The minimum Gasteiger partial charge on any atom is -0.465 e. The summed E-state index contributed by atoms with van der Waals surface area (Å²) < 4.78 is 122. The van der Waals surface area contributed by atoms with Crippen LogP contribution in [0.15, 0.2) is 35.0 Å². The van der Waals surface area contributed by atoms with Crippen LogP contribution >= 0.6 is 11.6 Å². The monoisotopic (exact) mass is 537 g/mol. The molecule has 0 bridgehead atoms. The van der Waals surface area contributed by atoms with Crippen molar-refractivity contribution in [1.82, 2.24) is 14.9 Å². The smallest absolute Gasteiger partial charge is 0.434 e. The molecule has 0 saturated carbocycles. The van der Waals surface area contributed by atoms with Crippen LogP contribution in [0.2, 0.25) is 5.02 Å². The van der Waals surface area contributed by atoms with Crippen LogP contribution in [-0.2, 0) is 10.9 Å². The third kappa shape index (κ3) is 3.96. The predicted molar refractivity (Wildman–Crippen MR) is 106 cm³/mol. The van der Waals surface area contributed by atoms with Gasteiger partial charge in [0.05, 0.1) is 29.5 Å². The Morgan fingerprint density at radius 1 is 1.06 bits per heavy atom. The zero-order chi connectivity index (χ0) is 26.5. The Kier molecular flexibility index (Phi) is 6.24. The van der Waals surface area contributed by atoms with Gasteiger partial charge in [0, 0.05) is 6.07 Å². The molecule has 4 rings (SSSR count). The highest BCUT2D eigenvalue weighted by Crippen LogP contribution is 2.43. The van der Waals surface area contributed by atoms with E-state index < -0.39 is 85.4 Å². The minimum absolute atomic E-state index is 0.206. The number of alkyl halides is 3. The average molecular weight is 538 g/mol. The fourth-order valence-corrected chi connectivity index (χ4v) is 3.62. The number of benzene rings is 2. The Bertz CT molecular complexity index is 1470. The van der Waals surface area contributed by atoms with Gasteiger partial charge in [-0.1, -0.05) is 22.8 Å². The Labute approximate surface area is 199 Å². The van der Waals surface area contributed by atoms with Gasteiger partial charge >= 0.3 is 12.1 Å². The number of rotatable bonds is 4. The highest BCUT2D eigenvalue weighted by atomic mass is 35.5. The van der Waals surface area contributed by atoms with Crippen LogP contribution in [0.3, 0.4) is 0 Å². The largest absolute Gasteiger partial charge is 0.465 e. The lowest BCUT2D eigenvalue weighted by Gasteiger charge is -2.14. The summed E-state index contributed by atoms with van der Waals surface area (Å²) in [5, 5.41) is 6.37. The molecule has 6 nitrogen and oxygen atoms in total. The van der Waals surface area contributed by atoms with Crippen molar-refractivity contribution >= 4 is 17.6 Å². The van der Waals surface area contributed by atoms with Crippen LogP contribution in [0.1, 0.15) is 16.1 Å². The lowest BCUT2D eigenvalue weighted by Crippen LogP contribution is -2.18. The second kappa shape index (κ2) is 8.93. The van der Waals surface area contributed by atoms with E-state index in [1.54, 1.807) is 0 Å². The van der Waals surface area contributed by atoms with Gasteiger partial charge in [-0.3, -0.25) is 0 Å². The van der Waals surface area contributed by atoms with Crippen molar-refractivity contribution in [1.29, 1.82) is 0 Å². The second-order valence-electron chi connectivity index (χ2n) is 6.96. The van der Waals surface area contributed by atoms with E-state index in [9.17, 15) is 39.9 Å². The molecule has 15 heteroatoms. The van der Waals surface area contributed by atoms with E-state index >= 15 is 0 Å². The molecule has 2 aromatic carbocycles. The first kappa shape index (κ1) is 25.2. The molecular weight excluding hydrogens is 530 g/mol. The second-order valence-corrected chi connectivity index (χ2v) is 7.36. The molecule has 0 fully saturated rings. The zero-order valence-electron chi connectivity index (χ0n) is 17.4. The molecule has 0 saturated heterocycles. The van der Waals surface area contributed by atoms with Gasteiger partial charge in [0.1, 0.15) is 22.8 Å². The first-order valence-corrected chi connectivity index (χ1v) is 9.77. The maximum absolute atomic E-state index is 14.5. The Balaban J connectivity index is 2.07. The number of methoxy groups -OCH3 is 1. The van der Waals surface area contributed by atoms with Gasteiger partial charge in [-0.25, -0.2) is 31.4 Å². The third-order valence-electron chi connectivity index (χ3n) is 4.86. The van der Waals surface area contributed by atoms with E-state index in [0.29, 0.717) is 6.20 Å². The predicted octanol–water partition coefficient (Wildman–Crippen LogP) is 6.35. The van der Waals surface area contributed by atoms with Gasteiger partial charge < -0.3 is 9.26 Å². The first-order chi connectivity index (χ1) is 16.9. The Hall–Kier alpha value is -3.94. The van der Waals surface area contributed by atoms with Gasteiger partial charge in [0.25, 0.3) is 0 Å². The molecule has 0 spiro atoms. The van der Waals surface area contributed by atoms with Crippen LogP contribution in [0.5, 0.6) is 0 Å². The molecular formula is C21H8ClF8N3O3. The van der Waals surface area contributed by atoms with Crippen molar-refractivity contribution in [3.05, 3.63) is 75.8 Å². The normalized spacial score (nSPS) is 11.7. The summed E-state index contributed by atoms with van der Waals surface area (Å²) >= 11 is 5.97. The lowest BCUT2D eigenvalue weighted by molar-refractivity contribution is -0.142. The summed E-state index contributed by atoms with van der Waals surface area (Å²) in [7, 11) is 0.847. The molecule has 0 aliphatic carbocycles. The quantitative estimate of drug-likeness (QED) is 0.172. The van der Waals surface area contributed by atoms with Crippen LogP contribution in [0.4, 0.5) is 35.1 Å². The molecule has 36 heavy (non-hydrogen) atoms. The maximum atomic E-state index is 14.5. The molecule has 2 aromatic heterocycles. The summed E-state index contributed by atoms with van der Waals surface area (Å²) in [6.45, 7) is 0. The number of carbonyl (C=O) groups is 1. The first-order valence-electron chi connectivity index (χ1n) is 9.39. The number of ether oxygens (including phenoxy) is 1. The number of hydrogen-bond acceptors (Lipinski definition) is 5. The van der Waals surface area contributed by atoms with E-state index in [1.807, 2.05) is 0 Å². The Morgan fingerprint density at radius 3 is 2.25 bits per heavy atom. The number of esters is 1. The van der Waals surface area contributed by atoms with Gasteiger partial charge in [-0.15, -0.1) is 0 Å². The van der Waals surface area contributed by atoms with Crippen molar-refractivity contribution in [2.45, 2.75) is 6.18 Å². The summed E-state index contributed by atoms with van der Waals surface area (Å²) in [5.74, 6) is -11.8. The average Bonchev–Trinajstić information content (AvgIpc) is 3.42. The molecule has 0 atom stereocenters. The van der Waals surface area contributed by atoms with Gasteiger partial charge in [-0.2, -0.15) is 18.3 Å². The van der Waals surface area contributed by atoms with E-state index in [4.69, 9.17) is 16.1 Å². The van der Waals surface area contributed by atoms with E-state index in [2.05, 4.69) is 15.0 Å². The maximum Gasteiger partial charge on any atom is 0.434 e. The number of nitrogens with zero attached hydrogens (tertiary/aromatic N) is 3. The molecule has 0 aliphatic heterocycles. The molecule has 4 aromatic rings. The SMILES string of the molecule is COC(=O)c1c(-c2c(F)cccc2Cl)noc1-c1cnn(-c2c(F)c(F)cc(F)c2F)c1C(F)(F)F. The van der Waals surface area contributed by atoms with Crippen LogP contribution in [0.25, 0.3) is 28.3 Å². The summed E-state index contributed by atoms with van der Waals surface area (Å²) in [4.78, 5) is 12.5. The van der Waals surface area contributed by atoms with Gasteiger partial charge in [0.15, 0.2) is 34.7 Å².